The van der Waals surface area contributed by atoms with Gasteiger partial charge in [0, 0.05) is 35.3 Å². The first-order valence-corrected chi connectivity index (χ1v) is 12.4. The Morgan fingerprint density at radius 1 is 1.05 bits per heavy atom. The number of carbonyl (C=O) groups is 2. The molecule has 2 amide bonds. The van der Waals surface area contributed by atoms with Gasteiger partial charge in [0.15, 0.2) is 5.82 Å². The molecule has 0 radical (unpaired) electrons. The summed E-state index contributed by atoms with van der Waals surface area (Å²) in [5.41, 5.74) is 0.644. The molecule has 10 nitrogen and oxygen atoms in total. The number of hydrogen-bond acceptors (Lipinski definition) is 8. The van der Waals surface area contributed by atoms with Crippen LogP contribution in [0.5, 0.6) is 0 Å². The molecule has 0 bridgehead atoms. The molecule has 1 fully saturated rings. The molecule has 198 valence electrons. The molecule has 0 aliphatic carbocycles. The minimum Gasteiger partial charge on any atom is -0.443 e. The Morgan fingerprint density at radius 2 is 1.73 bits per heavy atom. The number of aromatic amines is 1. The highest BCUT2D eigenvalue weighted by molar-refractivity contribution is 6.09. The number of amides is 2. The van der Waals surface area contributed by atoms with Crippen LogP contribution in [-0.2, 0) is 14.2 Å². The molecular formula is C27H35N5O5. The first-order valence-electron chi connectivity index (χ1n) is 12.4. The Bertz CT molecular complexity index is 1260. The number of rotatable bonds is 3. The number of imide groups is 1. The van der Waals surface area contributed by atoms with Gasteiger partial charge in [-0.05, 0) is 60.6 Å². The van der Waals surface area contributed by atoms with E-state index in [-0.39, 0.29) is 11.9 Å². The van der Waals surface area contributed by atoms with Crippen LogP contribution in [0.25, 0.3) is 22.2 Å². The highest BCUT2D eigenvalue weighted by Gasteiger charge is 2.35. The molecule has 37 heavy (non-hydrogen) atoms. The number of ether oxygens (including phenoxy) is 3. The Morgan fingerprint density at radius 3 is 2.35 bits per heavy atom. The van der Waals surface area contributed by atoms with Crippen LogP contribution in [0, 0.1) is 0 Å². The first kappa shape index (κ1) is 26.4. The van der Waals surface area contributed by atoms with Crippen molar-refractivity contribution in [1.29, 1.82) is 0 Å². The van der Waals surface area contributed by atoms with Crippen LogP contribution in [0.2, 0.25) is 0 Å². The van der Waals surface area contributed by atoms with E-state index in [0.29, 0.717) is 31.4 Å². The molecule has 1 aliphatic rings. The summed E-state index contributed by atoms with van der Waals surface area (Å²) in [6, 6.07) is 9.41. The second-order valence-corrected chi connectivity index (χ2v) is 11.1. The summed E-state index contributed by atoms with van der Waals surface area (Å²) in [5.74, 6) is 0.447. The third kappa shape index (κ3) is 6.19. The van der Waals surface area contributed by atoms with Gasteiger partial charge in [0.05, 0.1) is 24.9 Å². The maximum Gasteiger partial charge on any atom is 0.425 e. The summed E-state index contributed by atoms with van der Waals surface area (Å²) in [4.78, 5) is 42.3. The molecule has 3 heterocycles. The second-order valence-electron chi connectivity index (χ2n) is 11.1. The van der Waals surface area contributed by atoms with E-state index < -0.39 is 23.4 Å². The smallest absolute Gasteiger partial charge is 0.425 e. The summed E-state index contributed by atoms with van der Waals surface area (Å²) in [6.45, 7) is 14.0. The van der Waals surface area contributed by atoms with Crippen LogP contribution in [-0.4, -0.2) is 64.1 Å². The third-order valence-electron chi connectivity index (χ3n) is 5.58. The summed E-state index contributed by atoms with van der Waals surface area (Å²) < 4.78 is 16.8. The molecule has 1 atom stereocenters. The molecule has 4 rings (SSSR count). The van der Waals surface area contributed by atoms with Crippen molar-refractivity contribution >= 4 is 34.9 Å². The van der Waals surface area contributed by atoms with E-state index in [4.69, 9.17) is 19.2 Å². The van der Waals surface area contributed by atoms with Crippen LogP contribution in [0.15, 0.2) is 36.5 Å². The molecule has 0 unspecified atom stereocenters. The van der Waals surface area contributed by atoms with Gasteiger partial charge in [0.1, 0.15) is 11.2 Å². The molecule has 1 saturated heterocycles. The molecule has 1 aliphatic heterocycles. The van der Waals surface area contributed by atoms with Crippen molar-refractivity contribution in [2.45, 2.75) is 65.7 Å². The molecule has 10 heteroatoms. The predicted molar refractivity (Wildman–Crippen MR) is 142 cm³/mol. The van der Waals surface area contributed by atoms with Gasteiger partial charge >= 0.3 is 12.2 Å². The van der Waals surface area contributed by atoms with Gasteiger partial charge in [0.25, 0.3) is 0 Å². The van der Waals surface area contributed by atoms with Crippen LogP contribution in [0.4, 0.5) is 21.4 Å². The number of anilines is 2. The minimum atomic E-state index is -0.882. The number of carbonyl (C=O) groups excluding carboxylic acids is 2. The summed E-state index contributed by atoms with van der Waals surface area (Å²) in [5, 5.41) is 0.953. The standard InChI is InChI=1S/C27H35N5O5/c1-17-16-35-14-13-31(17)23-29-21(18-9-8-10-20-19(18)11-12-28-20)15-22(30-23)32(24(33)36-26(2,3)4)25(34)37-27(5,6)7/h8-12,15,17,28H,13-14,16H2,1-7H3/t17-/m1/s1. The zero-order valence-electron chi connectivity index (χ0n) is 22.5. The monoisotopic (exact) mass is 509 g/mol. The zero-order chi connectivity index (χ0) is 27.0. The number of H-pyrrole nitrogens is 1. The van der Waals surface area contributed by atoms with Crippen LogP contribution in [0.1, 0.15) is 48.5 Å². The Balaban J connectivity index is 1.90. The lowest BCUT2D eigenvalue weighted by atomic mass is 10.1. The van der Waals surface area contributed by atoms with Gasteiger partial charge < -0.3 is 24.1 Å². The molecule has 1 aromatic carbocycles. The number of hydrogen-bond donors (Lipinski definition) is 1. The van der Waals surface area contributed by atoms with E-state index in [1.807, 2.05) is 42.3 Å². The maximum absolute atomic E-state index is 13.4. The minimum absolute atomic E-state index is 0.00333. The molecule has 0 spiro atoms. The highest BCUT2D eigenvalue weighted by atomic mass is 16.6. The number of nitrogens with zero attached hydrogens (tertiary/aromatic N) is 4. The number of aromatic nitrogens is 3. The average Bonchev–Trinajstić information content (AvgIpc) is 3.26. The van der Waals surface area contributed by atoms with Crippen molar-refractivity contribution in [2.75, 3.05) is 29.6 Å². The lowest BCUT2D eigenvalue weighted by molar-refractivity contribution is 0.0429. The fourth-order valence-electron chi connectivity index (χ4n) is 4.01. The lowest BCUT2D eigenvalue weighted by Crippen LogP contribution is -2.46. The summed E-state index contributed by atoms with van der Waals surface area (Å²) in [6.07, 6.45) is 0.0917. The maximum atomic E-state index is 13.4. The van der Waals surface area contributed by atoms with Crippen molar-refractivity contribution in [3.63, 3.8) is 0 Å². The van der Waals surface area contributed by atoms with Gasteiger partial charge in [-0.3, -0.25) is 0 Å². The van der Waals surface area contributed by atoms with E-state index in [9.17, 15) is 9.59 Å². The molecule has 3 aromatic rings. The van der Waals surface area contributed by atoms with Gasteiger partial charge in [0.2, 0.25) is 5.95 Å². The summed E-state index contributed by atoms with van der Waals surface area (Å²) >= 11 is 0. The van der Waals surface area contributed by atoms with Gasteiger partial charge in [-0.15, -0.1) is 0 Å². The lowest BCUT2D eigenvalue weighted by Gasteiger charge is -2.34. The Kier molecular flexibility index (Phi) is 7.14. The first-order chi connectivity index (χ1) is 17.3. The van der Waals surface area contributed by atoms with E-state index in [1.165, 1.54) is 0 Å². The SMILES string of the molecule is C[C@@H]1COCCN1c1nc(-c2cccc3[nH]ccc23)cc(N(C(=O)OC(C)(C)C)C(=O)OC(C)(C)C)n1. The fraction of sp³-hybridized carbons (Fsp3) is 0.481. The van der Waals surface area contributed by atoms with Gasteiger partial charge in [-0.1, -0.05) is 12.1 Å². The number of benzene rings is 1. The molecule has 0 saturated carbocycles. The van der Waals surface area contributed by atoms with Crippen molar-refractivity contribution in [1.82, 2.24) is 15.0 Å². The number of fused-ring (bicyclic) bond motifs is 1. The van der Waals surface area contributed by atoms with Crippen molar-refractivity contribution in [3.8, 4) is 11.3 Å². The third-order valence-corrected chi connectivity index (χ3v) is 5.58. The molecular weight excluding hydrogens is 474 g/mol. The van der Waals surface area contributed by atoms with Crippen molar-refractivity contribution < 1.29 is 23.8 Å². The normalized spacial score (nSPS) is 16.5. The van der Waals surface area contributed by atoms with E-state index in [0.717, 1.165) is 21.4 Å². The zero-order valence-corrected chi connectivity index (χ0v) is 22.5. The average molecular weight is 510 g/mol. The largest absolute Gasteiger partial charge is 0.443 e. The highest BCUT2D eigenvalue weighted by Crippen LogP contribution is 2.32. The van der Waals surface area contributed by atoms with Crippen molar-refractivity contribution in [2.24, 2.45) is 0 Å². The predicted octanol–water partition coefficient (Wildman–Crippen LogP) is 5.53. The number of morpholine rings is 1. The molecule has 2 aromatic heterocycles. The molecule has 1 N–H and O–H groups in total. The quantitative estimate of drug-likeness (QED) is 0.491. The van der Waals surface area contributed by atoms with E-state index >= 15 is 0 Å². The summed E-state index contributed by atoms with van der Waals surface area (Å²) in [7, 11) is 0. The fourth-order valence-corrected chi connectivity index (χ4v) is 4.01. The van der Waals surface area contributed by atoms with Crippen LogP contribution >= 0.6 is 0 Å². The Labute approximate surface area is 216 Å². The van der Waals surface area contributed by atoms with Crippen molar-refractivity contribution in [3.05, 3.63) is 36.5 Å². The van der Waals surface area contributed by atoms with Gasteiger partial charge in [-0.25, -0.2) is 14.6 Å². The second kappa shape index (κ2) is 10.0. The Hall–Kier alpha value is -3.66. The van der Waals surface area contributed by atoms with Crippen LogP contribution < -0.4 is 9.80 Å². The van der Waals surface area contributed by atoms with E-state index in [2.05, 4.69) is 9.97 Å². The van der Waals surface area contributed by atoms with Crippen LogP contribution in [0.3, 0.4) is 0 Å². The number of nitrogens with one attached hydrogen (secondary N) is 1. The van der Waals surface area contributed by atoms with Gasteiger partial charge in [-0.2, -0.15) is 9.88 Å². The topological polar surface area (TPSA) is 110 Å². The van der Waals surface area contributed by atoms with E-state index in [1.54, 1.807) is 47.6 Å².